The van der Waals surface area contributed by atoms with Gasteiger partial charge in [0.05, 0.1) is 25.4 Å². The Morgan fingerprint density at radius 1 is 0.696 bits per heavy atom. The molecule has 14 nitrogen and oxygen atoms in total. The van der Waals surface area contributed by atoms with Crippen LogP contribution in [0.4, 0.5) is 0 Å². The Bertz CT molecular complexity index is 1690. The van der Waals surface area contributed by atoms with Crippen LogP contribution in [0.5, 0.6) is 23.0 Å². The van der Waals surface area contributed by atoms with Crippen LogP contribution in [0.3, 0.4) is 0 Å². The van der Waals surface area contributed by atoms with Gasteiger partial charge in [-0.05, 0) is 36.1 Å². The Morgan fingerprint density at radius 2 is 1.04 bits per heavy atom. The van der Waals surface area contributed by atoms with Crippen molar-refractivity contribution < 1.29 is 68.8 Å². The Kier molecular flexibility index (Phi) is 6.87. The summed E-state index contributed by atoms with van der Waals surface area (Å²) in [6.45, 7) is 3.04. The molecule has 46 heavy (non-hydrogen) atoms. The van der Waals surface area contributed by atoms with Crippen molar-refractivity contribution in [2.24, 2.45) is 11.8 Å². The van der Waals surface area contributed by atoms with E-state index >= 15 is 0 Å². The zero-order valence-corrected chi connectivity index (χ0v) is 25.0. The molecule has 0 bridgehead atoms. The Balaban J connectivity index is 1.55. The summed E-state index contributed by atoms with van der Waals surface area (Å²) in [4.78, 5) is 52.3. The number of carbonyl (C=O) groups is 4. The van der Waals surface area contributed by atoms with Gasteiger partial charge in [0, 0.05) is 24.0 Å². The van der Waals surface area contributed by atoms with Crippen LogP contribution in [0.15, 0.2) is 35.4 Å². The van der Waals surface area contributed by atoms with Crippen molar-refractivity contribution in [3.8, 4) is 34.1 Å². The Morgan fingerprint density at radius 3 is 1.37 bits per heavy atom. The first kappa shape index (κ1) is 30.9. The van der Waals surface area contributed by atoms with Gasteiger partial charge in [0.25, 0.3) is 11.2 Å². The van der Waals surface area contributed by atoms with Gasteiger partial charge < -0.3 is 49.6 Å². The summed E-state index contributed by atoms with van der Waals surface area (Å²) >= 11 is 0. The molecule has 2 aliphatic heterocycles. The van der Waals surface area contributed by atoms with Gasteiger partial charge >= 0.3 is 11.9 Å². The number of aromatic hydroxyl groups is 2. The third-order valence-corrected chi connectivity index (χ3v) is 9.26. The van der Waals surface area contributed by atoms with E-state index in [2.05, 4.69) is 0 Å². The highest BCUT2D eigenvalue weighted by Gasteiger charge is 2.64. The average Bonchev–Trinajstić information content (AvgIpc) is 3.01. The molecule has 14 heteroatoms. The fraction of sp³-hybridized carbons (Fsp3) is 0.375. The highest BCUT2D eigenvalue weighted by molar-refractivity contribution is 6.14. The van der Waals surface area contributed by atoms with Crippen molar-refractivity contribution in [1.29, 1.82) is 0 Å². The molecule has 0 saturated heterocycles. The fourth-order valence-corrected chi connectivity index (χ4v) is 7.00. The standard InChI is InChI=1S/C32H30O14/c1-11-9-15(33)21-25(37)19-17(45-31(21,27(11)39)29(41)43-3)7-5-13(23(19)35)14-6-8-18-20(24(14)36)26(38)22-16(34)10-12(2)28(40)32(22,46-18)30(42)44-4/h5-8,11-12,27-28,35-40H,9-10H2,1-4H3/t11-,12-,27+,28+,31?,32?/m0/s1. The molecule has 242 valence electrons. The van der Waals surface area contributed by atoms with E-state index in [1.54, 1.807) is 0 Å². The van der Waals surface area contributed by atoms with Crippen LogP contribution in [0, 0.1) is 11.8 Å². The molecule has 2 fully saturated rings. The van der Waals surface area contributed by atoms with Gasteiger partial charge in [0.15, 0.2) is 11.6 Å². The number of ketones is 2. The number of hydrogen-bond donors (Lipinski definition) is 6. The third-order valence-electron chi connectivity index (χ3n) is 9.26. The lowest BCUT2D eigenvalue weighted by Gasteiger charge is -2.45. The van der Waals surface area contributed by atoms with Crippen LogP contribution >= 0.6 is 0 Å². The highest BCUT2D eigenvalue weighted by Crippen LogP contribution is 2.55. The first-order valence-corrected chi connectivity index (χ1v) is 14.3. The molecule has 6 atom stereocenters. The van der Waals surface area contributed by atoms with Crippen molar-refractivity contribution in [2.75, 3.05) is 14.2 Å². The van der Waals surface area contributed by atoms with Gasteiger partial charge in [-0.3, -0.25) is 9.59 Å². The number of aliphatic hydroxyl groups excluding tert-OH is 4. The third kappa shape index (κ3) is 3.70. The molecule has 0 radical (unpaired) electrons. The number of rotatable bonds is 3. The molecular weight excluding hydrogens is 608 g/mol. The van der Waals surface area contributed by atoms with Crippen molar-refractivity contribution in [3.63, 3.8) is 0 Å². The first-order chi connectivity index (χ1) is 21.7. The van der Waals surface area contributed by atoms with Crippen LogP contribution in [0.1, 0.15) is 37.8 Å². The van der Waals surface area contributed by atoms with Crippen LogP contribution in [-0.2, 0) is 28.7 Å². The van der Waals surface area contributed by atoms with Crippen LogP contribution in [0.25, 0.3) is 22.6 Å². The minimum Gasteiger partial charge on any atom is -0.506 e. The summed E-state index contributed by atoms with van der Waals surface area (Å²) in [5.74, 6) is -9.01. The van der Waals surface area contributed by atoms with Crippen molar-refractivity contribution in [3.05, 3.63) is 46.5 Å². The molecule has 0 spiro atoms. The number of ether oxygens (including phenoxy) is 4. The topological polar surface area (TPSA) is 227 Å². The van der Waals surface area contributed by atoms with Gasteiger partial charge in [-0.15, -0.1) is 0 Å². The molecule has 6 N–H and O–H groups in total. The summed E-state index contributed by atoms with van der Waals surface area (Å²) < 4.78 is 21.5. The van der Waals surface area contributed by atoms with Crippen LogP contribution < -0.4 is 9.47 Å². The normalized spacial score (nSPS) is 29.9. The molecule has 2 saturated carbocycles. The van der Waals surface area contributed by atoms with E-state index in [0.717, 1.165) is 14.2 Å². The summed E-state index contributed by atoms with van der Waals surface area (Å²) in [5.41, 5.74) is -7.25. The molecule has 2 unspecified atom stereocenters. The minimum atomic E-state index is -2.42. The number of aliphatic hydroxyl groups is 4. The first-order valence-electron chi connectivity index (χ1n) is 14.3. The predicted octanol–water partition coefficient (Wildman–Crippen LogP) is 1.85. The molecule has 6 rings (SSSR count). The van der Waals surface area contributed by atoms with E-state index in [4.69, 9.17) is 18.9 Å². The second-order valence-electron chi connectivity index (χ2n) is 11.9. The van der Waals surface area contributed by atoms with E-state index in [-0.39, 0.29) is 35.5 Å². The number of methoxy groups -OCH3 is 2. The number of fused-ring (bicyclic) bond motifs is 4. The molecule has 2 aliphatic carbocycles. The monoisotopic (exact) mass is 638 g/mol. The van der Waals surface area contributed by atoms with Crippen LogP contribution in [0.2, 0.25) is 0 Å². The van der Waals surface area contributed by atoms with Gasteiger partial charge in [0.2, 0.25) is 0 Å². The minimum absolute atomic E-state index is 0.163. The van der Waals surface area contributed by atoms with E-state index in [1.807, 2.05) is 0 Å². The van der Waals surface area contributed by atoms with E-state index in [0.29, 0.717) is 0 Å². The van der Waals surface area contributed by atoms with E-state index in [1.165, 1.54) is 38.1 Å². The molecule has 0 aromatic heterocycles. The summed E-state index contributed by atoms with van der Waals surface area (Å²) in [6.07, 6.45) is -3.72. The second kappa shape index (κ2) is 10.2. The number of phenols is 2. The lowest BCUT2D eigenvalue weighted by Crippen LogP contribution is -2.64. The molecular formula is C32H30O14. The van der Waals surface area contributed by atoms with Gasteiger partial charge in [-0.2, -0.15) is 0 Å². The lowest BCUT2D eigenvalue weighted by molar-refractivity contribution is -0.173. The molecule has 2 aromatic rings. The maximum absolute atomic E-state index is 13.2. The molecule has 4 aliphatic rings. The Labute approximate surface area is 260 Å². The number of benzene rings is 2. The smallest absolute Gasteiger partial charge is 0.358 e. The van der Waals surface area contributed by atoms with Gasteiger partial charge in [-0.1, -0.05) is 13.8 Å². The number of hydrogen-bond acceptors (Lipinski definition) is 14. The van der Waals surface area contributed by atoms with E-state index < -0.39 is 104 Å². The molecule has 0 amide bonds. The number of phenolic OH excluding ortho intramolecular Hbond substituents is 2. The molecule has 2 aromatic carbocycles. The molecule has 2 heterocycles. The quantitative estimate of drug-likeness (QED) is 0.264. The van der Waals surface area contributed by atoms with Crippen LogP contribution in [-0.4, -0.2) is 91.8 Å². The summed E-state index contributed by atoms with van der Waals surface area (Å²) in [7, 11) is 2.04. The number of esters is 2. The number of carbonyl (C=O) groups excluding carboxylic acids is 4. The van der Waals surface area contributed by atoms with E-state index in [9.17, 15) is 49.8 Å². The predicted molar refractivity (Wildman–Crippen MR) is 155 cm³/mol. The maximum Gasteiger partial charge on any atom is 0.358 e. The SMILES string of the molecule is COC(=O)C12Oc3ccc(-c4ccc5c(c4O)C(O)=C4C(=O)C[C@H](C)[C@@H](O)C4(C(=O)OC)O5)c(O)c3C(O)=C1C(=O)C[C@H](C)[C@H]2O. The summed E-state index contributed by atoms with van der Waals surface area (Å²) in [5, 5.41) is 67.7. The van der Waals surface area contributed by atoms with Crippen molar-refractivity contribution in [1.82, 2.24) is 0 Å². The lowest BCUT2D eigenvalue weighted by atomic mass is 9.69. The maximum atomic E-state index is 13.2. The largest absolute Gasteiger partial charge is 0.506 e. The summed E-state index contributed by atoms with van der Waals surface area (Å²) in [6, 6.07) is 4.92. The van der Waals surface area contributed by atoms with Gasteiger partial charge in [0.1, 0.15) is 57.9 Å². The number of Topliss-reactive ketones (excluding diaryl/α,β-unsaturated/α-hetero) is 2. The Hall–Kier alpha value is -5.08. The average molecular weight is 639 g/mol. The second-order valence-corrected chi connectivity index (χ2v) is 11.9. The van der Waals surface area contributed by atoms with Crippen molar-refractivity contribution in [2.45, 2.75) is 50.1 Å². The van der Waals surface area contributed by atoms with Gasteiger partial charge in [-0.25, -0.2) is 9.59 Å². The fourth-order valence-electron chi connectivity index (χ4n) is 7.00. The highest BCUT2D eigenvalue weighted by atomic mass is 16.6. The van der Waals surface area contributed by atoms with Crippen molar-refractivity contribution >= 4 is 35.0 Å². The zero-order valence-electron chi connectivity index (χ0n) is 25.0. The zero-order chi connectivity index (χ0) is 33.6.